The van der Waals surface area contributed by atoms with Crippen LogP contribution in [0.2, 0.25) is 0 Å². The molecule has 1 aromatic heterocycles. The predicted molar refractivity (Wildman–Crippen MR) is 79.9 cm³/mol. The first-order valence-electron chi connectivity index (χ1n) is 6.29. The number of hydrogen-bond donors (Lipinski definition) is 2. The summed E-state index contributed by atoms with van der Waals surface area (Å²) in [5.41, 5.74) is 12.1. The van der Waals surface area contributed by atoms with E-state index in [4.69, 9.17) is 20.9 Å². The Labute approximate surface area is 122 Å². The highest BCUT2D eigenvalue weighted by Gasteiger charge is 2.08. The second-order valence-electron chi connectivity index (χ2n) is 4.23. The van der Waals surface area contributed by atoms with E-state index in [2.05, 4.69) is 21.5 Å². The summed E-state index contributed by atoms with van der Waals surface area (Å²) in [6.45, 7) is 3.83. The van der Waals surface area contributed by atoms with Crippen LogP contribution in [-0.2, 0) is 13.0 Å². The zero-order valence-electron chi connectivity index (χ0n) is 11.7. The molecule has 110 valence electrons. The number of anilines is 2. The minimum Gasteiger partial charge on any atom is -0.493 e. The van der Waals surface area contributed by atoms with Crippen LogP contribution < -0.4 is 20.9 Å². The Morgan fingerprint density at radius 1 is 1.14 bits per heavy atom. The van der Waals surface area contributed by atoms with Gasteiger partial charge in [0.25, 0.3) is 0 Å². The molecule has 0 fully saturated rings. The zero-order valence-corrected chi connectivity index (χ0v) is 11.7. The number of rotatable bonds is 6. The zero-order chi connectivity index (χ0) is 15.2. The Morgan fingerprint density at radius 3 is 2.48 bits per heavy atom. The quantitative estimate of drug-likeness (QED) is 0.772. The second-order valence-corrected chi connectivity index (χ2v) is 4.23. The Morgan fingerprint density at radius 2 is 1.86 bits per heavy atom. The Hall–Kier alpha value is -2.83. The molecule has 0 aliphatic carbocycles. The number of nitrogens with zero attached hydrogens (tertiary/aromatic N) is 3. The molecule has 0 saturated heterocycles. The van der Waals surface area contributed by atoms with Gasteiger partial charge in [-0.05, 0) is 24.1 Å². The average Bonchev–Trinajstić information content (AvgIpc) is 2.45. The first-order chi connectivity index (χ1) is 10.1. The minimum atomic E-state index is 0.0643. The minimum absolute atomic E-state index is 0.0643. The van der Waals surface area contributed by atoms with Gasteiger partial charge in [-0.15, -0.1) is 6.58 Å². The number of hydrogen-bond acceptors (Lipinski definition) is 7. The molecule has 0 amide bonds. The Balaban J connectivity index is 2.13. The molecule has 0 spiro atoms. The fourth-order valence-corrected chi connectivity index (χ4v) is 1.79. The summed E-state index contributed by atoms with van der Waals surface area (Å²) in [5.74, 6) is 1.70. The van der Waals surface area contributed by atoms with Gasteiger partial charge in [0.05, 0.1) is 7.11 Å². The SMILES string of the molecule is C=CCc1ccc(OCc2nc(N)nc(N)n2)c(OC)c1. The van der Waals surface area contributed by atoms with E-state index in [1.165, 1.54) is 0 Å². The maximum absolute atomic E-state index is 5.64. The van der Waals surface area contributed by atoms with Gasteiger partial charge in [-0.3, -0.25) is 0 Å². The highest BCUT2D eigenvalue weighted by molar-refractivity contribution is 5.43. The van der Waals surface area contributed by atoms with Gasteiger partial charge >= 0.3 is 0 Å². The van der Waals surface area contributed by atoms with Crippen LogP contribution in [0, 0.1) is 0 Å². The van der Waals surface area contributed by atoms with Crippen LogP contribution in [0.3, 0.4) is 0 Å². The molecular weight excluding hydrogens is 270 g/mol. The lowest BCUT2D eigenvalue weighted by Gasteiger charge is -2.11. The van der Waals surface area contributed by atoms with Crippen LogP contribution in [0.25, 0.3) is 0 Å². The van der Waals surface area contributed by atoms with Crippen molar-refractivity contribution in [1.29, 1.82) is 0 Å². The first-order valence-corrected chi connectivity index (χ1v) is 6.29. The van der Waals surface area contributed by atoms with E-state index in [1.54, 1.807) is 7.11 Å². The van der Waals surface area contributed by atoms with Gasteiger partial charge in [-0.25, -0.2) is 0 Å². The lowest BCUT2D eigenvalue weighted by Crippen LogP contribution is -2.09. The molecule has 0 radical (unpaired) electrons. The normalized spacial score (nSPS) is 10.1. The van der Waals surface area contributed by atoms with Crippen molar-refractivity contribution in [2.24, 2.45) is 0 Å². The van der Waals surface area contributed by atoms with Crippen molar-refractivity contribution in [1.82, 2.24) is 15.0 Å². The van der Waals surface area contributed by atoms with E-state index < -0.39 is 0 Å². The maximum Gasteiger partial charge on any atom is 0.225 e. The van der Waals surface area contributed by atoms with E-state index in [0.717, 1.165) is 12.0 Å². The Bertz CT molecular complexity index is 625. The third-order valence-electron chi connectivity index (χ3n) is 2.68. The standard InChI is InChI=1S/C14H17N5O2/c1-3-4-9-5-6-10(11(7-9)20-2)21-8-12-17-13(15)19-14(16)18-12/h3,5-7H,1,4,8H2,2H3,(H4,15,16,17,18,19). The summed E-state index contributed by atoms with van der Waals surface area (Å²) in [5, 5.41) is 0. The van der Waals surface area contributed by atoms with Gasteiger partial charge in [0.2, 0.25) is 11.9 Å². The average molecular weight is 287 g/mol. The van der Waals surface area contributed by atoms with E-state index in [1.807, 2.05) is 24.3 Å². The fourth-order valence-electron chi connectivity index (χ4n) is 1.79. The van der Waals surface area contributed by atoms with Gasteiger partial charge < -0.3 is 20.9 Å². The van der Waals surface area contributed by atoms with Gasteiger partial charge in [-0.1, -0.05) is 12.1 Å². The molecule has 0 bridgehead atoms. The summed E-state index contributed by atoms with van der Waals surface area (Å²) in [7, 11) is 1.58. The van der Waals surface area contributed by atoms with E-state index in [9.17, 15) is 0 Å². The van der Waals surface area contributed by atoms with Crippen LogP contribution in [0.4, 0.5) is 11.9 Å². The third kappa shape index (κ3) is 3.82. The summed E-state index contributed by atoms with van der Waals surface area (Å²) in [6, 6.07) is 5.66. The van der Waals surface area contributed by atoms with Gasteiger partial charge in [0, 0.05) is 0 Å². The fraction of sp³-hybridized carbons (Fsp3) is 0.214. The highest BCUT2D eigenvalue weighted by Crippen LogP contribution is 2.28. The number of benzene rings is 1. The number of allylic oxidation sites excluding steroid dienone is 1. The van der Waals surface area contributed by atoms with E-state index >= 15 is 0 Å². The molecule has 7 heteroatoms. The molecule has 0 unspecified atom stereocenters. The monoisotopic (exact) mass is 287 g/mol. The van der Waals surface area contributed by atoms with Crippen molar-refractivity contribution in [3.05, 3.63) is 42.2 Å². The molecule has 1 aromatic carbocycles. The molecule has 1 heterocycles. The molecule has 0 saturated carbocycles. The molecule has 4 N–H and O–H groups in total. The maximum atomic E-state index is 5.64. The van der Waals surface area contributed by atoms with E-state index in [-0.39, 0.29) is 18.5 Å². The number of methoxy groups -OCH3 is 1. The molecule has 21 heavy (non-hydrogen) atoms. The largest absolute Gasteiger partial charge is 0.493 e. The lowest BCUT2D eigenvalue weighted by molar-refractivity contribution is 0.276. The molecule has 0 atom stereocenters. The van der Waals surface area contributed by atoms with Crippen LogP contribution in [0.1, 0.15) is 11.4 Å². The van der Waals surface area contributed by atoms with E-state index in [0.29, 0.717) is 17.3 Å². The Kier molecular flexibility index (Phi) is 4.55. The first kappa shape index (κ1) is 14.6. The summed E-state index contributed by atoms with van der Waals surface area (Å²) >= 11 is 0. The van der Waals surface area contributed by atoms with Crippen molar-refractivity contribution < 1.29 is 9.47 Å². The predicted octanol–water partition coefficient (Wildman–Crippen LogP) is 1.35. The van der Waals surface area contributed by atoms with Crippen LogP contribution in [0.15, 0.2) is 30.9 Å². The van der Waals surface area contributed by atoms with Crippen molar-refractivity contribution in [3.63, 3.8) is 0 Å². The molecule has 2 rings (SSSR count). The van der Waals surface area contributed by atoms with Crippen LogP contribution in [0.5, 0.6) is 11.5 Å². The number of nitrogen functional groups attached to an aromatic ring is 2. The lowest BCUT2D eigenvalue weighted by atomic mass is 10.1. The van der Waals surface area contributed by atoms with Crippen LogP contribution in [-0.4, -0.2) is 22.1 Å². The number of aromatic nitrogens is 3. The molecule has 0 aliphatic rings. The third-order valence-corrected chi connectivity index (χ3v) is 2.68. The summed E-state index contributed by atoms with van der Waals surface area (Å²) in [6.07, 6.45) is 2.59. The summed E-state index contributed by atoms with van der Waals surface area (Å²) < 4.78 is 10.9. The van der Waals surface area contributed by atoms with Crippen molar-refractivity contribution in [2.75, 3.05) is 18.6 Å². The van der Waals surface area contributed by atoms with Gasteiger partial charge in [0.1, 0.15) is 6.61 Å². The molecule has 7 nitrogen and oxygen atoms in total. The second kappa shape index (κ2) is 6.56. The van der Waals surface area contributed by atoms with Gasteiger partial charge in [0.15, 0.2) is 17.3 Å². The smallest absolute Gasteiger partial charge is 0.225 e. The van der Waals surface area contributed by atoms with Gasteiger partial charge in [-0.2, -0.15) is 15.0 Å². The topological polar surface area (TPSA) is 109 Å². The number of ether oxygens (including phenoxy) is 2. The molecular formula is C14H17N5O2. The molecule has 0 aliphatic heterocycles. The van der Waals surface area contributed by atoms with Crippen molar-refractivity contribution in [2.45, 2.75) is 13.0 Å². The molecule has 2 aromatic rings. The van der Waals surface area contributed by atoms with Crippen molar-refractivity contribution in [3.8, 4) is 11.5 Å². The van der Waals surface area contributed by atoms with Crippen molar-refractivity contribution >= 4 is 11.9 Å². The van der Waals surface area contributed by atoms with Crippen LogP contribution >= 0.6 is 0 Å². The highest BCUT2D eigenvalue weighted by atomic mass is 16.5. The number of nitrogens with two attached hydrogens (primary N) is 2. The summed E-state index contributed by atoms with van der Waals surface area (Å²) in [4.78, 5) is 11.6.